The van der Waals surface area contributed by atoms with Crippen molar-refractivity contribution >= 4 is 35.0 Å². The predicted octanol–water partition coefficient (Wildman–Crippen LogP) is 4.80. The van der Waals surface area contributed by atoms with Gasteiger partial charge in [-0.05, 0) is 44.0 Å². The Morgan fingerprint density at radius 2 is 2.00 bits per heavy atom. The van der Waals surface area contributed by atoms with Crippen LogP contribution in [0.4, 0.5) is 0 Å². The first-order valence-electron chi connectivity index (χ1n) is 6.92. The average Bonchev–Trinajstić information content (AvgIpc) is 2.92. The van der Waals surface area contributed by atoms with Crippen molar-refractivity contribution < 1.29 is 0 Å². The van der Waals surface area contributed by atoms with Gasteiger partial charge in [-0.2, -0.15) is 11.8 Å². The summed E-state index contributed by atoms with van der Waals surface area (Å²) in [5.41, 5.74) is 1.25. The molecule has 0 spiro atoms. The molecule has 0 bridgehead atoms. The lowest BCUT2D eigenvalue weighted by atomic mass is 10.1. The fourth-order valence-corrected chi connectivity index (χ4v) is 4.28. The molecule has 4 heteroatoms. The molecule has 0 amide bonds. The Bertz CT molecular complexity index is 405. The van der Waals surface area contributed by atoms with Crippen LogP contribution in [0.25, 0.3) is 0 Å². The van der Waals surface area contributed by atoms with Crippen molar-refractivity contribution in [1.29, 1.82) is 0 Å². The standard InChI is InChI=1S/C15H21Cl2NS/c1-18-12(10-19-13-4-2-3-5-13)8-11-6-7-14(16)15(17)9-11/h6-7,9,12-13,18H,2-5,8,10H2,1H3. The topological polar surface area (TPSA) is 12.0 Å². The SMILES string of the molecule is CNC(CSC1CCCC1)Cc1ccc(Cl)c(Cl)c1. The van der Waals surface area contributed by atoms with E-state index in [1.54, 1.807) is 0 Å². The summed E-state index contributed by atoms with van der Waals surface area (Å²) >= 11 is 14.1. The number of likely N-dealkylation sites (N-methyl/N-ethyl adjacent to an activating group) is 1. The lowest BCUT2D eigenvalue weighted by Gasteiger charge is -2.18. The van der Waals surface area contributed by atoms with Gasteiger partial charge in [0.2, 0.25) is 0 Å². The highest BCUT2D eigenvalue weighted by Crippen LogP contribution is 2.30. The smallest absolute Gasteiger partial charge is 0.0595 e. The molecule has 106 valence electrons. The Kier molecular flexibility index (Phi) is 6.34. The third-order valence-electron chi connectivity index (χ3n) is 3.71. The molecular weight excluding hydrogens is 297 g/mol. The van der Waals surface area contributed by atoms with E-state index >= 15 is 0 Å². The molecule has 2 rings (SSSR count). The Morgan fingerprint density at radius 3 is 2.63 bits per heavy atom. The van der Waals surface area contributed by atoms with E-state index in [9.17, 15) is 0 Å². The van der Waals surface area contributed by atoms with Gasteiger partial charge in [-0.1, -0.05) is 42.1 Å². The summed E-state index contributed by atoms with van der Waals surface area (Å²) in [6.07, 6.45) is 6.62. The maximum absolute atomic E-state index is 6.06. The molecule has 0 aliphatic heterocycles. The van der Waals surface area contributed by atoms with Gasteiger partial charge in [0.05, 0.1) is 10.0 Å². The molecule has 0 saturated heterocycles. The van der Waals surface area contributed by atoms with Gasteiger partial charge in [0.25, 0.3) is 0 Å². The number of rotatable bonds is 6. The molecule has 0 aromatic heterocycles. The van der Waals surface area contributed by atoms with E-state index in [1.165, 1.54) is 37.0 Å². The van der Waals surface area contributed by atoms with Gasteiger partial charge in [0, 0.05) is 17.0 Å². The van der Waals surface area contributed by atoms with Gasteiger partial charge in [-0.3, -0.25) is 0 Å². The van der Waals surface area contributed by atoms with Crippen LogP contribution in [-0.4, -0.2) is 24.1 Å². The third-order valence-corrected chi connectivity index (χ3v) is 5.99. The molecule has 1 aliphatic carbocycles. The van der Waals surface area contributed by atoms with Crippen LogP contribution < -0.4 is 5.32 Å². The highest BCUT2D eigenvalue weighted by Gasteiger charge is 2.17. The van der Waals surface area contributed by atoms with Gasteiger partial charge in [0.15, 0.2) is 0 Å². The number of nitrogens with one attached hydrogen (secondary N) is 1. The van der Waals surface area contributed by atoms with Gasteiger partial charge in [0.1, 0.15) is 0 Å². The zero-order chi connectivity index (χ0) is 13.7. The minimum atomic E-state index is 0.503. The van der Waals surface area contributed by atoms with Crippen LogP contribution >= 0.6 is 35.0 Å². The largest absolute Gasteiger partial charge is 0.316 e. The van der Waals surface area contributed by atoms with Gasteiger partial charge in [-0.15, -0.1) is 0 Å². The molecule has 19 heavy (non-hydrogen) atoms. The van der Waals surface area contributed by atoms with Crippen LogP contribution in [0, 0.1) is 0 Å². The fraction of sp³-hybridized carbons (Fsp3) is 0.600. The minimum absolute atomic E-state index is 0.503. The Hall–Kier alpha value is 0.110. The summed E-state index contributed by atoms with van der Waals surface area (Å²) in [6, 6.07) is 6.44. The quantitative estimate of drug-likeness (QED) is 0.808. The lowest BCUT2D eigenvalue weighted by molar-refractivity contribution is 0.616. The van der Waals surface area contributed by atoms with Crippen molar-refractivity contribution in [3.8, 4) is 0 Å². The Morgan fingerprint density at radius 1 is 1.26 bits per heavy atom. The van der Waals surface area contributed by atoms with Crippen molar-refractivity contribution in [2.24, 2.45) is 0 Å². The average molecular weight is 318 g/mol. The second-order valence-corrected chi connectivity index (χ2v) is 7.33. The summed E-state index contributed by atoms with van der Waals surface area (Å²) in [4.78, 5) is 0. The number of hydrogen-bond donors (Lipinski definition) is 1. The molecule has 1 N–H and O–H groups in total. The maximum atomic E-state index is 6.06. The molecule has 0 heterocycles. The summed E-state index contributed by atoms with van der Waals surface area (Å²) in [7, 11) is 2.04. The maximum Gasteiger partial charge on any atom is 0.0595 e. The molecule has 1 fully saturated rings. The lowest BCUT2D eigenvalue weighted by Crippen LogP contribution is -2.30. The Labute approximate surface area is 130 Å². The second kappa shape index (κ2) is 7.78. The van der Waals surface area contributed by atoms with E-state index in [0.29, 0.717) is 16.1 Å². The van der Waals surface area contributed by atoms with E-state index in [0.717, 1.165) is 11.7 Å². The zero-order valence-electron chi connectivity index (χ0n) is 11.3. The first kappa shape index (κ1) is 15.5. The van der Waals surface area contributed by atoms with Gasteiger partial charge in [-0.25, -0.2) is 0 Å². The number of hydrogen-bond acceptors (Lipinski definition) is 2. The molecule has 1 aromatic rings. The van der Waals surface area contributed by atoms with Crippen molar-refractivity contribution in [3.05, 3.63) is 33.8 Å². The van der Waals surface area contributed by atoms with Crippen LogP contribution in [-0.2, 0) is 6.42 Å². The number of benzene rings is 1. The Balaban J connectivity index is 1.85. The van der Waals surface area contributed by atoms with Crippen molar-refractivity contribution in [2.75, 3.05) is 12.8 Å². The van der Waals surface area contributed by atoms with E-state index < -0.39 is 0 Å². The molecule has 0 radical (unpaired) electrons. The summed E-state index contributed by atoms with van der Waals surface area (Å²) in [5.74, 6) is 1.17. The van der Waals surface area contributed by atoms with Crippen molar-refractivity contribution in [3.63, 3.8) is 0 Å². The molecule has 1 unspecified atom stereocenters. The van der Waals surface area contributed by atoms with E-state index in [2.05, 4.69) is 23.1 Å². The first-order valence-corrected chi connectivity index (χ1v) is 8.72. The molecular formula is C15H21Cl2NS. The third kappa shape index (κ3) is 4.86. The second-order valence-electron chi connectivity index (χ2n) is 5.18. The molecule has 1 nitrogen and oxygen atoms in total. The van der Waals surface area contributed by atoms with E-state index in [4.69, 9.17) is 23.2 Å². The molecule has 1 aromatic carbocycles. The normalized spacial score (nSPS) is 17.8. The van der Waals surface area contributed by atoms with Crippen LogP contribution in [0.15, 0.2) is 18.2 Å². The van der Waals surface area contributed by atoms with Gasteiger partial charge >= 0.3 is 0 Å². The molecule has 1 aliphatic rings. The van der Waals surface area contributed by atoms with E-state index in [1.807, 2.05) is 19.2 Å². The highest BCUT2D eigenvalue weighted by molar-refractivity contribution is 7.99. The monoisotopic (exact) mass is 317 g/mol. The zero-order valence-corrected chi connectivity index (χ0v) is 13.6. The predicted molar refractivity (Wildman–Crippen MR) is 87.7 cm³/mol. The summed E-state index contributed by atoms with van der Waals surface area (Å²) in [5, 5.41) is 5.57. The van der Waals surface area contributed by atoms with Gasteiger partial charge < -0.3 is 5.32 Å². The minimum Gasteiger partial charge on any atom is -0.316 e. The fourth-order valence-electron chi connectivity index (χ4n) is 2.50. The number of thioether (sulfide) groups is 1. The van der Waals surface area contributed by atoms with Crippen LogP contribution in [0.1, 0.15) is 31.2 Å². The van der Waals surface area contributed by atoms with Crippen LogP contribution in [0.5, 0.6) is 0 Å². The molecule has 1 atom stereocenters. The first-order chi connectivity index (χ1) is 9.19. The molecule has 1 saturated carbocycles. The number of halogens is 2. The summed E-state index contributed by atoms with van der Waals surface area (Å²) in [6.45, 7) is 0. The summed E-state index contributed by atoms with van der Waals surface area (Å²) < 4.78 is 0. The van der Waals surface area contributed by atoms with E-state index in [-0.39, 0.29) is 0 Å². The van der Waals surface area contributed by atoms with Crippen molar-refractivity contribution in [2.45, 2.75) is 43.4 Å². The highest BCUT2D eigenvalue weighted by atomic mass is 35.5. The van der Waals surface area contributed by atoms with Crippen molar-refractivity contribution in [1.82, 2.24) is 5.32 Å². The van der Waals surface area contributed by atoms with Crippen LogP contribution in [0.2, 0.25) is 10.0 Å². The van der Waals surface area contributed by atoms with Crippen LogP contribution in [0.3, 0.4) is 0 Å².